The van der Waals surface area contributed by atoms with Crippen LogP contribution in [0, 0.1) is 6.92 Å². The Hall–Kier alpha value is -1.74. The highest BCUT2D eigenvalue weighted by Crippen LogP contribution is 2.19. The Labute approximate surface area is 108 Å². The van der Waals surface area contributed by atoms with Crippen molar-refractivity contribution in [3.8, 4) is 0 Å². The highest BCUT2D eigenvalue weighted by molar-refractivity contribution is 5.46. The van der Waals surface area contributed by atoms with Gasteiger partial charge in [-0.3, -0.25) is 0 Å². The summed E-state index contributed by atoms with van der Waals surface area (Å²) < 4.78 is 5.57. The van der Waals surface area contributed by atoms with Crippen LogP contribution in [0.15, 0.2) is 46.9 Å². The summed E-state index contributed by atoms with van der Waals surface area (Å²) >= 11 is 0. The molecular weight excluding hydrogens is 224 g/mol. The summed E-state index contributed by atoms with van der Waals surface area (Å²) in [7, 11) is 0. The van der Waals surface area contributed by atoms with Gasteiger partial charge in [0.15, 0.2) is 0 Å². The Bertz CT molecular complexity index is 478. The van der Waals surface area contributed by atoms with E-state index in [0.29, 0.717) is 0 Å². The summed E-state index contributed by atoms with van der Waals surface area (Å²) in [6, 6.07) is 14.1. The summed E-state index contributed by atoms with van der Waals surface area (Å²) in [4.78, 5) is 2.25. The van der Waals surface area contributed by atoms with Crippen molar-refractivity contribution in [2.24, 2.45) is 5.73 Å². The molecule has 1 aromatic carbocycles. The third-order valence-electron chi connectivity index (χ3n) is 3.05. The quantitative estimate of drug-likeness (QED) is 0.878. The molecule has 3 nitrogen and oxygen atoms in total. The van der Waals surface area contributed by atoms with Gasteiger partial charge in [0.05, 0.1) is 6.04 Å². The number of para-hydroxylation sites is 1. The summed E-state index contributed by atoms with van der Waals surface area (Å²) in [5.41, 5.74) is 7.38. The van der Waals surface area contributed by atoms with Crippen LogP contribution in [0.3, 0.4) is 0 Å². The fraction of sp³-hybridized carbons (Fsp3) is 0.333. The summed E-state index contributed by atoms with van der Waals surface area (Å²) in [5, 5.41) is 0. The van der Waals surface area contributed by atoms with Crippen LogP contribution in [0.25, 0.3) is 0 Å². The van der Waals surface area contributed by atoms with E-state index in [1.807, 2.05) is 37.3 Å². The second kappa shape index (κ2) is 5.74. The molecule has 0 amide bonds. The monoisotopic (exact) mass is 244 g/mol. The van der Waals surface area contributed by atoms with Crippen molar-refractivity contribution in [2.45, 2.75) is 19.9 Å². The Morgan fingerprint density at radius 3 is 2.44 bits per heavy atom. The van der Waals surface area contributed by atoms with Gasteiger partial charge >= 0.3 is 0 Å². The van der Waals surface area contributed by atoms with Crippen molar-refractivity contribution in [1.82, 2.24) is 0 Å². The van der Waals surface area contributed by atoms with E-state index in [2.05, 4.69) is 24.0 Å². The molecule has 0 radical (unpaired) electrons. The SMILES string of the molecule is CCN(CC(N)c1ccc(C)o1)c1ccccc1. The highest BCUT2D eigenvalue weighted by atomic mass is 16.3. The minimum absolute atomic E-state index is 0.0983. The number of furan rings is 1. The first kappa shape index (κ1) is 12.7. The van der Waals surface area contributed by atoms with Crippen LogP contribution >= 0.6 is 0 Å². The zero-order valence-electron chi connectivity index (χ0n) is 11.0. The van der Waals surface area contributed by atoms with E-state index in [9.17, 15) is 0 Å². The van der Waals surface area contributed by atoms with Crippen LogP contribution in [0.4, 0.5) is 5.69 Å². The molecule has 2 rings (SSSR count). The van der Waals surface area contributed by atoms with E-state index in [4.69, 9.17) is 10.2 Å². The van der Waals surface area contributed by atoms with Crippen LogP contribution < -0.4 is 10.6 Å². The van der Waals surface area contributed by atoms with E-state index < -0.39 is 0 Å². The molecule has 0 spiro atoms. The van der Waals surface area contributed by atoms with Gasteiger partial charge in [0, 0.05) is 18.8 Å². The number of anilines is 1. The lowest BCUT2D eigenvalue weighted by molar-refractivity contribution is 0.444. The molecule has 1 unspecified atom stereocenters. The molecule has 0 aliphatic carbocycles. The van der Waals surface area contributed by atoms with Gasteiger partial charge in [-0.25, -0.2) is 0 Å². The first-order chi connectivity index (χ1) is 8.70. The highest BCUT2D eigenvalue weighted by Gasteiger charge is 2.14. The average molecular weight is 244 g/mol. The third-order valence-corrected chi connectivity index (χ3v) is 3.05. The first-order valence-electron chi connectivity index (χ1n) is 6.32. The van der Waals surface area contributed by atoms with Crippen LogP contribution in [-0.4, -0.2) is 13.1 Å². The standard InChI is InChI=1S/C15H20N2O/c1-3-17(13-7-5-4-6-8-13)11-14(16)15-10-9-12(2)18-15/h4-10,14H,3,11,16H2,1-2H3. The number of hydrogen-bond acceptors (Lipinski definition) is 3. The van der Waals surface area contributed by atoms with Crippen LogP contribution in [0.5, 0.6) is 0 Å². The zero-order chi connectivity index (χ0) is 13.0. The first-order valence-corrected chi connectivity index (χ1v) is 6.32. The molecule has 0 fully saturated rings. The Morgan fingerprint density at radius 1 is 1.17 bits per heavy atom. The number of rotatable bonds is 5. The molecule has 0 saturated carbocycles. The van der Waals surface area contributed by atoms with Crippen LogP contribution in [0.2, 0.25) is 0 Å². The zero-order valence-corrected chi connectivity index (χ0v) is 11.0. The molecule has 0 aliphatic rings. The van der Waals surface area contributed by atoms with Gasteiger partial charge in [-0.05, 0) is 38.1 Å². The lowest BCUT2D eigenvalue weighted by atomic mass is 10.2. The van der Waals surface area contributed by atoms with Crippen molar-refractivity contribution in [3.05, 3.63) is 54.0 Å². The lowest BCUT2D eigenvalue weighted by Crippen LogP contribution is -2.31. The van der Waals surface area contributed by atoms with Crippen molar-refractivity contribution < 1.29 is 4.42 Å². The van der Waals surface area contributed by atoms with E-state index in [1.54, 1.807) is 0 Å². The summed E-state index contributed by atoms with van der Waals surface area (Å²) in [5.74, 6) is 1.75. The van der Waals surface area contributed by atoms with E-state index in [1.165, 1.54) is 5.69 Å². The molecule has 0 saturated heterocycles. The number of benzene rings is 1. The van der Waals surface area contributed by atoms with Crippen molar-refractivity contribution in [1.29, 1.82) is 0 Å². The minimum atomic E-state index is -0.0983. The number of likely N-dealkylation sites (N-methyl/N-ethyl adjacent to an activating group) is 1. The number of aryl methyl sites for hydroxylation is 1. The average Bonchev–Trinajstić information content (AvgIpc) is 2.83. The maximum absolute atomic E-state index is 6.19. The molecule has 18 heavy (non-hydrogen) atoms. The maximum Gasteiger partial charge on any atom is 0.122 e. The summed E-state index contributed by atoms with van der Waals surface area (Å²) in [6.07, 6.45) is 0. The molecule has 96 valence electrons. The fourth-order valence-corrected chi connectivity index (χ4v) is 2.04. The van der Waals surface area contributed by atoms with Gasteiger partial charge in [0.2, 0.25) is 0 Å². The van der Waals surface area contributed by atoms with Gasteiger partial charge in [0.1, 0.15) is 11.5 Å². The van der Waals surface area contributed by atoms with Crippen LogP contribution in [0.1, 0.15) is 24.5 Å². The Morgan fingerprint density at radius 2 is 1.89 bits per heavy atom. The van der Waals surface area contributed by atoms with Gasteiger partial charge in [0.25, 0.3) is 0 Å². The molecule has 1 heterocycles. The Balaban J connectivity index is 2.07. The third kappa shape index (κ3) is 2.93. The molecule has 2 aromatic rings. The van der Waals surface area contributed by atoms with Gasteiger partial charge < -0.3 is 15.1 Å². The second-order valence-corrected chi connectivity index (χ2v) is 4.43. The molecule has 1 aromatic heterocycles. The second-order valence-electron chi connectivity index (χ2n) is 4.43. The number of nitrogens with zero attached hydrogens (tertiary/aromatic N) is 1. The van der Waals surface area contributed by atoms with E-state index in [0.717, 1.165) is 24.6 Å². The number of nitrogens with two attached hydrogens (primary N) is 1. The maximum atomic E-state index is 6.19. The van der Waals surface area contributed by atoms with Crippen molar-refractivity contribution >= 4 is 5.69 Å². The largest absolute Gasteiger partial charge is 0.465 e. The molecule has 2 N–H and O–H groups in total. The predicted molar refractivity (Wildman–Crippen MR) is 74.7 cm³/mol. The topological polar surface area (TPSA) is 42.4 Å². The van der Waals surface area contributed by atoms with Crippen LogP contribution in [-0.2, 0) is 0 Å². The van der Waals surface area contributed by atoms with Gasteiger partial charge in [-0.1, -0.05) is 18.2 Å². The normalized spacial score (nSPS) is 12.4. The molecule has 1 atom stereocenters. The predicted octanol–water partition coefficient (Wildman–Crippen LogP) is 3.11. The van der Waals surface area contributed by atoms with E-state index >= 15 is 0 Å². The number of hydrogen-bond donors (Lipinski definition) is 1. The van der Waals surface area contributed by atoms with Crippen molar-refractivity contribution in [3.63, 3.8) is 0 Å². The molecular formula is C15H20N2O. The lowest BCUT2D eigenvalue weighted by Gasteiger charge is -2.25. The van der Waals surface area contributed by atoms with Gasteiger partial charge in [-0.15, -0.1) is 0 Å². The smallest absolute Gasteiger partial charge is 0.122 e. The Kier molecular flexibility index (Phi) is 4.05. The fourth-order valence-electron chi connectivity index (χ4n) is 2.04. The summed E-state index contributed by atoms with van der Waals surface area (Å²) in [6.45, 7) is 5.75. The van der Waals surface area contributed by atoms with Gasteiger partial charge in [-0.2, -0.15) is 0 Å². The van der Waals surface area contributed by atoms with E-state index in [-0.39, 0.29) is 6.04 Å². The molecule has 0 aliphatic heterocycles. The minimum Gasteiger partial charge on any atom is -0.465 e. The molecule has 0 bridgehead atoms. The van der Waals surface area contributed by atoms with Crippen molar-refractivity contribution in [2.75, 3.05) is 18.0 Å². The molecule has 3 heteroatoms.